The lowest BCUT2D eigenvalue weighted by Gasteiger charge is -2.13. The van der Waals surface area contributed by atoms with E-state index >= 15 is 0 Å². The maximum Gasteiger partial charge on any atom is -0.0269 e. The molecule has 0 radical (unpaired) electrons. The van der Waals surface area contributed by atoms with Crippen LogP contribution in [-0.2, 0) is 0 Å². The molecule has 0 aromatic carbocycles. The predicted octanol–water partition coefficient (Wildman–Crippen LogP) is 4.00. The third-order valence-corrected chi connectivity index (χ3v) is 5.04. The van der Waals surface area contributed by atoms with Gasteiger partial charge in [0, 0.05) is 0 Å². The summed E-state index contributed by atoms with van der Waals surface area (Å²) in [5.41, 5.74) is 1.62. The van der Waals surface area contributed by atoms with Crippen LogP contribution in [0.5, 0.6) is 0 Å². The molecule has 0 aromatic rings. The molecule has 0 aliphatic heterocycles. The fraction of sp³-hybridized carbons (Fsp3) is 1.00. The summed E-state index contributed by atoms with van der Waals surface area (Å²) in [5, 5.41) is 0. The molecule has 0 nitrogen and oxygen atoms in total. The lowest BCUT2D eigenvalue weighted by Crippen LogP contribution is -2.04. The first-order valence-corrected chi connectivity index (χ1v) is 6.12. The number of hydrogen-bond donors (Lipinski definition) is 0. The second-order valence-corrected chi connectivity index (χ2v) is 6.56. The first-order valence-electron chi connectivity index (χ1n) is 6.12. The molecule has 0 spiro atoms. The van der Waals surface area contributed by atoms with Crippen LogP contribution in [-0.4, -0.2) is 0 Å². The average molecular weight is 178 g/mol. The van der Waals surface area contributed by atoms with Crippen molar-refractivity contribution in [3.63, 3.8) is 0 Å². The molecule has 0 heterocycles. The summed E-state index contributed by atoms with van der Waals surface area (Å²) < 4.78 is 0. The summed E-state index contributed by atoms with van der Waals surface area (Å²) in [5.74, 6) is 2.26. The molecule has 74 valence electrons. The zero-order chi connectivity index (χ0) is 9.10. The largest absolute Gasteiger partial charge is 0.0596 e. The van der Waals surface area contributed by atoms with Gasteiger partial charge in [0.15, 0.2) is 0 Å². The van der Waals surface area contributed by atoms with Gasteiger partial charge >= 0.3 is 0 Å². The van der Waals surface area contributed by atoms with Gasteiger partial charge < -0.3 is 0 Å². The van der Waals surface area contributed by atoms with Gasteiger partial charge in [-0.3, -0.25) is 0 Å². The average Bonchev–Trinajstić information content (AvgIpc) is 2.89. The smallest absolute Gasteiger partial charge is 0.0269 e. The van der Waals surface area contributed by atoms with E-state index in [1.807, 2.05) is 0 Å². The molecule has 3 saturated carbocycles. The summed E-state index contributed by atoms with van der Waals surface area (Å²) in [6.07, 6.45) is 10.9. The molecule has 0 aromatic heterocycles. The van der Waals surface area contributed by atoms with Crippen LogP contribution in [0.3, 0.4) is 0 Å². The van der Waals surface area contributed by atoms with Crippen LogP contribution in [0, 0.1) is 22.7 Å². The molecule has 1 unspecified atom stereocenters. The van der Waals surface area contributed by atoms with Crippen LogP contribution in [0.15, 0.2) is 0 Å². The summed E-state index contributed by atoms with van der Waals surface area (Å²) in [6, 6.07) is 0. The zero-order valence-electron chi connectivity index (χ0n) is 9.10. The van der Waals surface area contributed by atoms with Gasteiger partial charge in [-0.15, -0.1) is 0 Å². The van der Waals surface area contributed by atoms with Gasteiger partial charge in [0.1, 0.15) is 0 Å². The first-order chi connectivity index (χ1) is 6.12. The van der Waals surface area contributed by atoms with E-state index in [0.717, 1.165) is 16.7 Å². The Morgan fingerprint density at radius 3 is 2.15 bits per heavy atom. The van der Waals surface area contributed by atoms with Gasteiger partial charge in [-0.2, -0.15) is 0 Å². The highest BCUT2D eigenvalue weighted by molar-refractivity contribution is 5.05. The second-order valence-electron chi connectivity index (χ2n) is 6.56. The Bertz CT molecular complexity index is 218. The minimum atomic E-state index is 0.722. The first kappa shape index (κ1) is 8.32. The molecule has 0 amide bonds. The molecule has 1 atom stereocenters. The maximum atomic E-state index is 2.44. The van der Waals surface area contributed by atoms with Gasteiger partial charge in [0.2, 0.25) is 0 Å². The quantitative estimate of drug-likeness (QED) is 0.610. The van der Waals surface area contributed by atoms with Crippen molar-refractivity contribution in [1.82, 2.24) is 0 Å². The van der Waals surface area contributed by atoms with Crippen LogP contribution in [0.4, 0.5) is 0 Å². The third kappa shape index (κ3) is 1.43. The van der Waals surface area contributed by atoms with Crippen molar-refractivity contribution in [2.75, 3.05) is 0 Å². The van der Waals surface area contributed by atoms with Gasteiger partial charge in [-0.1, -0.05) is 13.8 Å². The SMILES string of the molecule is CC1(C)CC1CCC1(C2CC2)CC1. The van der Waals surface area contributed by atoms with Crippen molar-refractivity contribution in [3.8, 4) is 0 Å². The van der Waals surface area contributed by atoms with Crippen molar-refractivity contribution in [2.45, 2.75) is 58.8 Å². The fourth-order valence-corrected chi connectivity index (χ4v) is 3.25. The van der Waals surface area contributed by atoms with E-state index < -0.39 is 0 Å². The maximum absolute atomic E-state index is 2.44. The van der Waals surface area contributed by atoms with Gasteiger partial charge in [-0.25, -0.2) is 0 Å². The van der Waals surface area contributed by atoms with E-state index in [0.29, 0.717) is 0 Å². The van der Waals surface area contributed by atoms with Gasteiger partial charge in [-0.05, 0) is 67.6 Å². The van der Waals surface area contributed by atoms with Crippen molar-refractivity contribution >= 4 is 0 Å². The van der Waals surface area contributed by atoms with Crippen LogP contribution in [0.1, 0.15) is 58.8 Å². The number of rotatable bonds is 4. The van der Waals surface area contributed by atoms with E-state index in [-0.39, 0.29) is 0 Å². The van der Waals surface area contributed by atoms with Crippen molar-refractivity contribution < 1.29 is 0 Å². The second kappa shape index (κ2) is 2.32. The highest BCUT2D eigenvalue weighted by atomic mass is 14.6. The Hall–Kier alpha value is 0. The minimum absolute atomic E-state index is 0.722. The molecule has 0 saturated heterocycles. The molecule has 13 heavy (non-hydrogen) atoms. The van der Waals surface area contributed by atoms with Gasteiger partial charge in [0.25, 0.3) is 0 Å². The number of hydrogen-bond acceptors (Lipinski definition) is 0. The summed E-state index contributed by atoms with van der Waals surface area (Å²) in [7, 11) is 0. The summed E-state index contributed by atoms with van der Waals surface area (Å²) >= 11 is 0. The van der Waals surface area contributed by atoms with Crippen molar-refractivity contribution in [3.05, 3.63) is 0 Å². The van der Waals surface area contributed by atoms with E-state index in [1.54, 1.807) is 38.5 Å². The lowest BCUT2D eigenvalue weighted by molar-refractivity contribution is 0.365. The lowest BCUT2D eigenvalue weighted by atomic mass is 9.91. The molecule has 3 fully saturated rings. The van der Waals surface area contributed by atoms with Crippen LogP contribution in [0.25, 0.3) is 0 Å². The molecular weight excluding hydrogens is 156 g/mol. The van der Waals surface area contributed by atoms with E-state index in [4.69, 9.17) is 0 Å². The Morgan fingerprint density at radius 2 is 1.77 bits per heavy atom. The molecule has 3 rings (SSSR count). The predicted molar refractivity (Wildman–Crippen MR) is 55.5 cm³/mol. The normalized spacial score (nSPS) is 38.8. The van der Waals surface area contributed by atoms with Crippen LogP contribution >= 0.6 is 0 Å². The van der Waals surface area contributed by atoms with Crippen LogP contribution in [0.2, 0.25) is 0 Å². The highest BCUT2D eigenvalue weighted by Crippen LogP contribution is 2.66. The molecule has 0 bridgehead atoms. The van der Waals surface area contributed by atoms with Crippen molar-refractivity contribution in [2.24, 2.45) is 22.7 Å². The summed E-state index contributed by atoms with van der Waals surface area (Å²) in [4.78, 5) is 0. The van der Waals surface area contributed by atoms with E-state index in [1.165, 1.54) is 12.3 Å². The third-order valence-electron chi connectivity index (χ3n) is 5.04. The Morgan fingerprint density at radius 1 is 1.15 bits per heavy atom. The van der Waals surface area contributed by atoms with E-state index in [2.05, 4.69) is 13.8 Å². The fourth-order valence-electron chi connectivity index (χ4n) is 3.25. The molecule has 3 aliphatic rings. The Labute approximate surface area is 82.1 Å². The summed E-state index contributed by atoms with van der Waals surface area (Å²) in [6.45, 7) is 4.88. The highest BCUT2D eigenvalue weighted by Gasteiger charge is 2.54. The monoisotopic (exact) mass is 178 g/mol. The topological polar surface area (TPSA) is 0 Å². The Kier molecular flexibility index (Phi) is 1.49. The zero-order valence-corrected chi connectivity index (χ0v) is 9.10. The molecule has 0 N–H and O–H groups in total. The Balaban J connectivity index is 1.48. The molecule has 3 aliphatic carbocycles. The van der Waals surface area contributed by atoms with Crippen LogP contribution < -0.4 is 0 Å². The van der Waals surface area contributed by atoms with E-state index in [9.17, 15) is 0 Å². The molecule has 0 heteroatoms. The minimum Gasteiger partial charge on any atom is -0.0596 e. The standard InChI is InChI=1S/C13H22/c1-12(2)9-11(12)5-6-13(7-8-13)10-3-4-10/h10-11H,3-9H2,1-2H3. The molecular formula is C13H22. The van der Waals surface area contributed by atoms with Gasteiger partial charge in [0.05, 0.1) is 0 Å². The van der Waals surface area contributed by atoms with Crippen molar-refractivity contribution in [1.29, 1.82) is 0 Å².